The first kappa shape index (κ1) is 22.0. The molecule has 156 valence electrons. The van der Waals surface area contributed by atoms with Gasteiger partial charge in [0, 0.05) is 17.3 Å². The number of hydrogen-bond acceptors (Lipinski definition) is 4. The Morgan fingerprint density at radius 3 is 2.48 bits per heavy atom. The van der Waals surface area contributed by atoms with Crippen molar-refractivity contribution in [3.8, 4) is 0 Å². The minimum Gasteiger partial charge on any atom is -0.391 e. The number of amides is 1. The number of nitrogens with one attached hydrogen (secondary N) is 2. The van der Waals surface area contributed by atoms with Gasteiger partial charge in [-0.1, -0.05) is 36.0 Å². The number of anilines is 1. The monoisotopic (exact) mass is 460 g/mol. The van der Waals surface area contributed by atoms with E-state index < -0.39 is 33.9 Å². The first-order valence-corrected chi connectivity index (χ1v) is 11.2. The van der Waals surface area contributed by atoms with E-state index in [0.29, 0.717) is 12.8 Å². The van der Waals surface area contributed by atoms with Crippen LogP contribution in [0.3, 0.4) is 0 Å². The third-order valence-electron chi connectivity index (χ3n) is 4.70. The Bertz CT molecular complexity index is 1030. The van der Waals surface area contributed by atoms with E-state index in [-0.39, 0.29) is 26.2 Å². The van der Waals surface area contributed by atoms with Gasteiger partial charge in [0.2, 0.25) is 10.0 Å². The first-order valence-electron chi connectivity index (χ1n) is 8.94. The average molecular weight is 461 g/mol. The summed E-state index contributed by atoms with van der Waals surface area (Å²) in [5.41, 5.74) is 0.295. The van der Waals surface area contributed by atoms with Gasteiger partial charge in [-0.25, -0.2) is 17.5 Å². The zero-order valence-electron chi connectivity index (χ0n) is 15.2. The summed E-state index contributed by atoms with van der Waals surface area (Å²) >= 11 is 11.8. The SMILES string of the molecule is O=C(Nc1ccc(F)c(Cl)c1)c1ccc(Cl)c(S(=O)(=O)NC2CCCCC2O)c1. The molecule has 0 spiro atoms. The predicted octanol–water partition coefficient (Wildman–Crippen LogP) is 3.97. The Hall–Kier alpha value is -1.71. The van der Waals surface area contributed by atoms with Crippen LogP contribution in [0, 0.1) is 5.82 Å². The van der Waals surface area contributed by atoms with Crippen molar-refractivity contribution in [1.82, 2.24) is 4.72 Å². The summed E-state index contributed by atoms with van der Waals surface area (Å²) in [4.78, 5) is 12.2. The van der Waals surface area contributed by atoms with Crippen molar-refractivity contribution in [2.75, 3.05) is 5.32 Å². The third-order valence-corrected chi connectivity index (χ3v) is 6.96. The average Bonchev–Trinajstić information content (AvgIpc) is 2.66. The van der Waals surface area contributed by atoms with E-state index in [1.807, 2.05) is 0 Å². The second-order valence-electron chi connectivity index (χ2n) is 6.81. The predicted molar refractivity (Wildman–Crippen MR) is 109 cm³/mol. The molecule has 0 saturated heterocycles. The minimum absolute atomic E-state index is 0.0411. The topological polar surface area (TPSA) is 95.5 Å². The molecule has 3 N–H and O–H groups in total. The Balaban J connectivity index is 1.83. The van der Waals surface area contributed by atoms with E-state index >= 15 is 0 Å². The smallest absolute Gasteiger partial charge is 0.255 e. The molecule has 0 aromatic heterocycles. The molecule has 1 aliphatic carbocycles. The molecule has 29 heavy (non-hydrogen) atoms. The van der Waals surface area contributed by atoms with E-state index in [2.05, 4.69) is 10.0 Å². The molecule has 2 unspecified atom stereocenters. The fourth-order valence-corrected chi connectivity index (χ4v) is 5.15. The summed E-state index contributed by atoms with van der Waals surface area (Å²) in [6.07, 6.45) is 1.91. The molecule has 2 aromatic carbocycles. The van der Waals surface area contributed by atoms with Crippen molar-refractivity contribution in [2.45, 2.75) is 42.7 Å². The highest BCUT2D eigenvalue weighted by molar-refractivity contribution is 7.89. The molecule has 1 saturated carbocycles. The van der Waals surface area contributed by atoms with Gasteiger partial charge in [0.05, 0.1) is 16.1 Å². The lowest BCUT2D eigenvalue weighted by Crippen LogP contribution is -2.45. The maximum Gasteiger partial charge on any atom is 0.255 e. The van der Waals surface area contributed by atoms with Crippen LogP contribution in [0.4, 0.5) is 10.1 Å². The Morgan fingerprint density at radius 2 is 1.79 bits per heavy atom. The van der Waals surface area contributed by atoms with Gasteiger partial charge in [0.25, 0.3) is 5.91 Å². The van der Waals surface area contributed by atoms with E-state index in [0.717, 1.165) is 25.0 Å². The Labute approximate surface area is 178 Å². The molecular weight excluding hydrogens is 442 g/mol. The van der Waals surface area contributed by atoms with Crippen LogP contribution in [0.1, 0.15) is 36.0 Å². The highest BCUT2D eigenvalue weighted by atomic mass is 35.5. The molecule has 0 radical (unpaired) electrons. The van der Waals surface area contributed by atoms with E-state index in [1.165, 1.54) is 24.3 Å². The van der Waals surface area contributed by atoms with Crippen LogP contribution in [-0.2, 0) is 10.0 Å². The van der Waals surface area contributed by atoms with Crippen LogP contribution in [0.2, 0.25) is 10.0 Å². The van der Waals surface area contributed by atoms with Gasteiger partial charge < -0.3 is 10.4 Å². The first-order chi connectivity index (χ1) is 13.7. The maximum atomic E-state index is 13.3. The standard InChI is InChI=1S/C19H19Cl2FN2O4S/c20-13-7-5-11(19(26)23-12-6-8-15(22)14(21)10-12)9-18(13)29(27,28)24-16-3-1-2-4-17(16)25/h5-10,16-17,24-25H,1-4H2,(H,23,26). The molecule has 0 bridgehead atoms. The molecule has 2 aromatic rings. The number of carbonyl (C=O) groups is 1. The van der Waals surface area contributed by atoms with Gasteiger partial charge in [-0.15, -0.1) is 0 Å². The molecule has 2 atom stereocenters. The van der Waals surface area contributed by atoms with Crippen LogP contribution >= 0.6 is 23.2 Å². The fraction of sp³-hybridized carbons (Fsp3) is 0.316. The number of aliphatic hydroxyl groups excluding tert-OH is 1. The second kappa shape index (κ2) is 8.97. The van der Waals surface area contributed by atoms with E-state index in [9.17, 15) is 22.7 Å². The van der Waals surface area contributed by atoms with Gasteiger partial charge in [-0.2, -0.15) is 0 Å². The molecule has 1 aliphatic rings. The quantitative estimate of drug-likeness (QED) is 0.628. The zero-order chi connectivity index (χ0) is 21.2. The summed E-state index contributed by atoms with van der Waals surface area (Å²) in [6, 6.07) is 6.91. The molecular formula is C19H19Cl2FN2O4S. The molecule has 6 nitrogen and oxygen atoms in total. The van der Waals surface area contributed by atoms with Crippen LogP contribution in [0.5, 0.6) is 0 Å². The van der Waals surface area contributed by atoms with Crippen molar-refractivity contribution in [2.24, 2.45) is 0 Å². The number of halogens is 3. The largest absolute Gasteiger partial charge is 0.391 e. The maximum absolute atomic E-state index is 13.3. The van der Waals surface area contributed by atoms with Crippen LogP contribution in [-0.4, -0.2) is 31.6 Å². The van der Waals surface area contributed by atoms with Crippen molar-refractivity contribution in [3.05, 3.63) is 57.8 Å². The van der Waals surface area contributed by atoms with Gasteiger partial charge in [0.1, 0.15) is 10.7 Å². The number of sulfonamides is 1. The van der Waals surface area contributed by atoms with Crippen LogP contribution in [0.25, 0.3) is 0 Å². The highest BCUT2D eigenvalue weighted by Gasteiger charge is 2.29. The van der Waals surface area contributed by atoms with Gasteiger partial charge in [-0.3, -0.25) is 4.79 Å². The number of hydrogen-bond donors (Lipinski definition) is 3. The molecule has 1 amide bonds. The fourth-order valence-electron chi connectivity index (χ4n) is 3.14. The number of carbonyl (C=O) groups excluding carboxylic acids is 1. The number of rotatable bonds is 5. The lowest BCUT2D eigenvalue weighted by molar-refractivity contribution is 0.101. The van der Waals surface area contributed by atoms with Gasteiger partial charge in [0.15, 0.2) is 0 Å². The van der Waals surface area contributed by atoms with Crippen molar-refractivity contribution < 1.29 is 22.7 Å². The summed E-state index contributed by atoms with van der Waals surface area (Å²) in [7, 11) is -4.06. The lowest BCUT2D eigenvalue weighted by atomic mass is 9.93. The normalized spacial score (nSPS) is 19.7. The third kappa shape index (κ3) is 5.26. The summed E-state index contributed by atoms with van der Waals surface area (Å²) in [6.45, 7) is 0. The molecule has 0 heterocycles. The van der Waals surface area contributed by atoms with E-state index in [4.69, 9.17) is 23.2 Å². The minimum atomic E-state index is -4.06. The molecule has 0 aliphatic heterocycles. The second-order valence-corrected chi connectivity index (χ2v) is 9.30. The number of aliphatic hydroxyl groups is 1. The van der Waals surface area contributed by atoms with Crippen molar-refractivity contribution in [1.29, 1.82) is 0 Å². The lowest BCUT2D eigenvalue weighted by Gasteiger charge is -2.28. The summed E-state index contributed by atoms with van der Waals surface area (Å²) < 4.78 is 41.3. The zero-order valence-corrected chi connectivity index (χ0v) is 17.5. The van der Waals surface area contributed by atoms with Crippen molar-refractivity contribution >= 4 is 44.8 Å². The van der Waals surface area contributed by atoms with Crippen molar-refractivity contribution in [3.63, 3.8) is 0 Å². The molecule has 3 rings (SSSR count). The van der Waals surface area contributed by atoms with Gasteiger partial charge in [-0.05, 0) is 49.2 Å². The van der Waals surface area contributed by atoms with Crippen LogP contribution in [0.15, 0.2) is 41.3 Å². The number of benzene rings is 2. The van der Waals surface area contributed by atoms with Gasteiger partial charge >= 0.3 is 0 Å². The van der Waals surface area contributed by atoms with E-state index in [1.54, 1.807) is 0 Å². The molecule has 1 fully saturated rings. The Morgan fingerprint density at radius 1 is 1.07 bits per heavy atom. The van der Waals surface area contributed by atoms with Crippen LogP contribution < -0.4 is 10.0 Å². The molecule has 10 heteroatoms. The summed E-state index contributed by atoms with van der Waals surface area (Å²) in [5.74, 6) is -1.24. The Kier molecular flexibility index (Phi) is 6.80. The summed E-state index contributed by atoms with van der Waals surface area (Å²) in [5, 5.41) is 12.4. The highest BCUT2D eigenvalue weighted by Crippen LogP contribution is 2.26.